The standard InChI is InChI=1S/C14H14BrFN2/c1-10(11-3-2-6-17-8-11)18-9-12-4-5-13(16)7-14(12)15/h2-8,10,18H,9H2,1H3. The maximum absolute atomic E-state index is 13.0. The van der Waals surface area contributed by atoms with E-state index in [4.69, 9.17) is 0 Å². The molecule has 2 aromatic rings. The number of hydrogen-bond donors (Lipinski definition) is 1. The molecule has 0 radical (unpaired) electrons. The highest BCUT2D eigenvalue weighted by Crippen LogP contribution is 2.19. The Balaban J connectivity index is 1.99. The molecule has 0 saturated carbocycles. The van der Waals surface area contributed by atoms with Crippen LogP contribution in [0.15, 0.2) is 47.2 Å². The molecule has 2 nitrogen and oxygen atoms in total. The summed E-state index contributed by atoms with van der Waals surface area (Å²) in [6.07, 6.45) is 3.60. The molecule has 1 aromatic heterocycles. The number of hydrogen-bond acceptors (Lipinski definition) is 2. The normalized spacial score (nSPS) is 12.4. The highest BCUT2D eigenvalue weighted by atomic mass is 79.9. The van der Waals surface area contributed by atoms with Crippen molar-refractivity contribution in [3.8, 4) is 0 Å². The fraction of sp³-hybridized carbons (Fsp3) is 0.214. The number of nitrogens with zero attached hydrogens (tertiary/aromatic N) is 1. The van der Waals surface area contributed by atoms with Crippen molar-refractivity contribution >= 4 is 15.9 Å². The van der Waals surface area contributed by atoms with Gasteiger partial charge in [0.25, 0.3) is 0 Å². The summed E-state index contributed by atoms with van der Waals surface area (Å²) in [6.45, 7) is 2.76. The first-order chi connectivity index (χ1) is 8.66. The van der Waals surface area contributed by atoms with Crippen LogP contribution in [0.2, 0.25) is 0 Å². The van der Waals surface area contributed by atoms with E-state index in [2.05, 4.69) is 33.2 Å². The molecular formula is C14H14BrFN2. The molecule has 0 aliphatic heterocycles. The zero-order valence-electron chi connectivity index (χ0n) is 10.0. The molecule has 1 heterocycles. The van der Waals surface area contributed by atoms with E-state index in [0.717, 1.165) is 15.6 Å². The molecule has 1 N–H and O–H groups in total. The monoisotopic (exact) mass is 308 g/mol. The number of pyridine rings is 1. The minimum atomic E-state index is -0.231. The van der Waals surface area contributed by atoms with E-state index in [9.17, 15) is 4.39 Å². The van der Waals surface area contributed by atoms with E-state index in [1.54, 1.807) is 12.3 Å². The average Bonchev–Trinajstić information content (AvgIpc) is 2.38. The molecular weight excluding hydrogens is 295 g/mol. The first-order valence-corrected chi connectivity index (χ1v) is 6.53. The molecule has 4 heteroatoms. The first kappa shape index (κ1) is 13.2. The van der Waals surface area contributed by atoms with Crippen molar-refractivity contribution < 1.29 is 4.39 Å². The highest BCUT2D eigenvalue weighted by molar-refractivity contribution is 9.10. The van der Waals surface area contributed by atoms with Gasteiger partial charge in [-0.15, -0.1) is 0 Å². The van der Waals surface area contributed by atoms with Gasteiger partial charge in [-0.05, 0) is 36.2 Å². The topological polar surface area (TPSA) is 24.9 Å². The van der Waals surface area contributed by atoms with Crippen LogP contribution in [-0.2, 0) is 6.54 Å². The second kappa shape index (κ2) is 6.07. The molecule has 1 aromatic carbocycles. The Morgan fingerprint density at radius 1 is 1.39 bits per heavy atom. The number of nitrogens with one attached hydrogen (secondary N) is 1. The lowest BCUT2D eigenvalue weighted by atomic mass is 10.1. The fourth-order valence-corrected chi connectivity index (χ4v) is 2.17. The zero-order valence-corrected chi connectivity index (χ0v) is 11.6. The van der Waals surface area contributed by atoms with Gasteiger partial charge in [-0.1, -0.05) is 28.1 Å². The third-order valence-corrected chi connectivity index (χ3v) is 3.54. The lowest BCUT2D eigenvalue weighted by Crippen LogP contribution is -2.18. The lowest BCUT2D eigenvalue weighted by Gasteiger charge is -2.14. The van der Waals surface area contributed by atoms with Gasteiger partial charge in [-0.2, -0.15) is 0 Å². The fourth-order valence-electron chi connectivity index (χ4n) is 1.68. The van der Waals surface area contributed by atoms with Crippen LogP contribution < -0.4 is 5.32 Å². The second-order valence-corrected chi connectivity index (χ2v) is 4.98. The van der Waals surface area contributed by atoms with Crippen molar-refractivity contribution in [2.45, 2.75) is 19.5 Å². The summed E-state index contributed by atoms with van der Waals surface area (Å²) < 4.78 is 13.7. The molecule has 94 valence electrons. The van der Waals surface area contributed by atoms with Gasteiger partial charge in [0.15, 0.2) is 0 Å². The Morgan fingerprint density at radius 3 is 2.89 bits per heavy atom. The molecule has 1 atom stereocenters. The van der Waals surface area contributed by atoms with E-state index < -0.39 is 0 Å². The smallest absolute Gasteiger partial charge is 0.124 e. The van der Waals surface area contributed by atoms with Crippen LogP contribution in [0, 0.1) is 5.82 Å². The number of halogens is 2. The van der Waals surface area contributed by atoms with Crippen LogP contribution in [0.4, 0.5) is 4.39 Å². The van der Waals surface area contributed by atoms with Gasteiger partial charge in [0, 0.05) is 29.5 Å². The van der Waals surface area contributed by atoms with Gasteiger partial charge in [-0.3, -0.25) is 4.98 Å². The van der Waals surface area contributed by atoms with E-state index in [0.29, 0.717) is 6.54 Å². The molecule has 0 amide bonds. The zero-order chi connectivity index (χ0) is 13.0. The van der Waals surface area contributed by atoms with Gasteiger partial charge in [0.1, 0.15) is 5.82 Å². The van der Waals surface area contributed by atoms with Crippen LogP contribution in [-0.4, -0.2) is 4.98 Å². The SMILES string of the molecule is CC(NCc1ccc(F)cc1Br)c1cccnc1. The molecule has 1 unspecified atom stereocenters. The largest absolute Gasteiger partial charge is 0.306 e. The molecule has 0 spiro atoms. The maximum atomic E-state index is 13.0. The van der Waals surface area contributed by atoms with Crippen molar-refractivity contribution in [1.29, 1.82) is 0 Å². The van der Waals surface area contributed by atoms with Gasteiger partial charge in [0.05, 0.1) is 0 Å². The number of rotatable bonds is 4. The summed E-state index contributed by atoms with van der Waals surface area (Å²) in [7, 11) is 0. The van der Waals surface area contributed by atoms with Gasteiger partial charge in [-0.25, -0.2) is 4.39 Å². The summed E-state index contributed by atoms with van der Waals surface area (Å²) in [5.74, 6) is -0.231. The predicted molar refractivity (Wildman–Crippen MR) is 73.6 cm³/mol. The third kappa shape index (κ3) is 3.37. The average molecular weight is 309 g/mol. The summed E-state index contributed by atoms with van der Waals surface area (Å²) in [6, 6.07) is 8.88. The van der Waals surface area contributed by atoms with Crippen molar-refractivity contribution in [3.63, 3.8) is 0 Å². The number of benzene rings is 1. The Hall–Kier alpha value is -1.26. The lowest BCUT2D eigenvalue weighted by molar-refractivity contribution is 0.570. The van der Waals surface area contributed by atoms with Gasteiger partial charge in [0.2, 0.25) is 0 Å². The van der Waals surface area contributed by atoms with Crippen molar-refractivity contribution in [3.05, 3.63) is 64.1 Å². The van der Waals surface area contributed by atoms with E-state index >= 15 is 0 Å². The minimum Gasteiger partial charge on any atom is -0.306 e. The quantitative estimate of drug-likeness (QED) is 0.928. The van der Waals surface area contributed by atoms with E-state index in [-0.39, 0.29) is 11.9 Å². The van der Waals surface area contributed by atoms with Crippen LogP contribution in [0.5, 0.6) is 0 Å². The Bertz CT molecular complexity index is 516. The van der Waals surface area contributed by atoms with Crippen LogP contribution >= 0.6 is 15.9 Å². The van der Waals surface area contributed by atoms with E-state index in [1.807, 2.05) is 18.3 Å². The summed E-state index contributed by atoms with van der Waals surface area (Å²) in [4.78, 5) is 4.09. The molecule has 0 fully saturated rings. The second-order valence-electron chi connectivity index (χ2n) is 4.12. The van der Waals surface area contributed by atoms with E-state index in [1.165, 1.54) is 12.1 Å². The van der Waals surface area contributed by atoms with Crippen LogP contribution in [0.3, 0.4) is 0 Å². The van der Waals surface area contributed by atoms with Crippen LogP contribution in [0.25, 0.3) is 0 Å². The number of aromatic nitrogens is 1. The molecule has 0 bridgehead atoms. The summed E-state index contributed by atoms with van der Waals surface area (Å²) in [5.41, 5.74) is 2.17. The molecule has 18 heavy (non-hydrogen) atoms. The highest BCUT2D eigenvalue weighted by Gasteiger charge is 2.06. The molecule has 0 aliphatic carbocycles. The van der Waals surface area contributed by atoms with Crippen molar-refractivity contribution in [2.24, 2.45) is 0 Å². The molecule has 0 aliphatic rings. The first-order valence-electron chi connectivity index (χ1n) is 5.74. The van der Waals surface area contributed by atoms with Gasteiger partial charge < -0.3 is 5.32 Å². The predicted octanol–water partition coefficient (Wildman–Crippen LogP) is 3.83. The minimum absolute atomic E-state index is 0.204. The third-order valence-electron chi connectivity index (χ3n) is 2.80. The molecule has 0 saturated heterocycles. The van der Waals surface area contributed by atoms with Crippen LogP contribution in [0.1, 0.15) is 24.1 Å². The molecule has 2 rings (SSSR count). The summed E-state index contributed by atoms with van der Waals surface area (Å²) in [5, 5.41) is 3.38. The van der Waals surface area contributed by atoms with Crippen molar-refractivity contribution in [1.82, 2.24) is 10.3 Å². The Labute approximate surface area is 114 Å². The summed E-state index contributed by atoms with van der Waals surface area (Å²) >= 11 is 3.36. The Kier molecular flexibility index (Phi) is 4.44. The maximum Gasteiger partial charge on any atom is 0.124 e. The van der Waals surface area contributed by atoms with Crippen molar-refractivity contribution in [2.75, 3.05) is 0 Å². The van der Waals surface area contributed by atoms with Gasteiger partial charge >= 0.3 is 0 Å². The Morgan fingerprint density at radius 2 is 2.22 bits per heavy atom.